The van der Waals surface area contributed by atoms with Crippen molar-refractivity contribution in [2.75, 3.05) is 7.11 Å². The highest BCUT2D eigenvalue weighted by Gasteiger charge is 1.86. The quantitative estimate of drug-likeness (QED) is 0.705. The first-order chi connectivity index (χ1) is 6.28. The Morgan fingerprint density at radius 1 is 1.38 bits per heavy atom. The molecular formula is C11H15ClO. The highest BCUT2D eigenvalue weighted by atomic mass is 35.5. The Hall–Kier alpha value is -0.790. The van der Waals surface area contributed by atoms with Gasteiger partial charge in [0.25, 0.3) is 0 Å². The molecule has 0 fully saturated rings. The Labute approximate surface area is 85.2 Å². The van der Waals surface area contributed by atoms with Gasteiger partial charge in [-0.2, -0.15) is 0 Å². The molecule has 0 aliphatic carbocycles. The molecular weight excluding hydrogens is 184 g/mol. The second-order valence-corrected chi connectivity index (χ2v) is 2.76. The summed E-state index contributed by atoms with van der Waals surface area (Å²) in [6, 6.07) is 8.45. The van der Waals surface area contributed by atoms with Gasteiger partial charge < -0.3 is 0 Å². The Bertz CT molecular complexity index is 228. The highest BCUT2D eigenvalue weighted by Crippen LogP contribution is 2.05. The molecule has 0 N–H and O–H groups in total. The summed E-state index contributed by atoms with van der Waals surface area (Å²) in [5.41, 5.74) is 2.57. The maximum atomic E-state index is 4.50. The third kappa shape index (κ3) is 5.45. The molecule has 0 saturated heterocycles. The van der Waals surface area contributed by atoms with Crippen LogP contribution in [0.2, 0.25) is 0 Å². The fraction of sp³-hybridized carbons (Fsp3) is 0.273. The second-order valence-electron chi connectivity index (χ2n) is 2.45. The van der Waals surface area contributed by atoms with Gasteiger partial charge in [-0.25, -0.2) is 0 Å². The summed E-state index contributed by atoms with van der Waals surface area (Å²) in [5.74, 6) is 0. The van der Waals surface area contributed by atoms with Crippen LogP contribution in [0.4, 0.5) is 0 Å². The van der Waals surface area contributed by atoms with Crippen LogP contribution in [0, 0.1) is 0 Å². The Morgan fingerprint density at radius 3 is 2.15 bits per heavy atom. The van der Waals surface area contributed by atoms with E-state index in [1.165, 1.54) is 18.2 Å². The van der Waals surface area contributed by atoms with E-state index < -0.39 is 0 Å². The van der Waals surface area contributed by atoms with Crippen LogP contribution in [0.5, 0.6) is 0 Å². The first-order valence-corrected chi connectivity index (χ1v) is 4.45. The van der Waals surface area contributed by atoms with Crippen LogP contribution in [0.1, 0.15) is 18.1 Å². The molecule has 0 atom stereocenters. The second kappa shape index (κ2) is 7.84. The van der Waals surface area contributed by atoms with Gasteiger partial charge in [0.1, 0.15) is 0 Å². The van der Waals surface area contributed by atoms with E-state index in [9.17, 15) is 0 Å². The van der Waals surface area contributed by atoms with E-state index in [1.807, 2.05) is 6.08 Å². The van der Waals surface area contributed by atoms with E-state index in [0.717, 1.165) is 6.42 Å². The fourth-order valence-corrected chi connectivity index (χ4v) is 0.889. The minimum atomic E-state index is 1.11. The molecule has 1 rings (SSSR count). The van der Waals surface area contributed by atoms with Crippen molar-refractivity contribution >= 4 is 17.9 Å². The summed E-state index contributed by atoms with van der Waals surface area (Å²) >= 11 is 4.50. The predicted octanol–water partition coefficient (Wildman–Crippen LogP) is 3.68. The molecule has 13 heavy (non-hydrogen) atoms. The topological polar surface area (TPSA) is 9.23 Å². The van der Waals surface area contributed by atoms with E-state index >= 15 is 0 Å². The molecule has 0 aromatic heterocycles. The molecule has 0 saturated carbocycles. The number of benzene rings is 1. The van der Waals surface area contributed by atoms with Gasteiger partial charge in [-0.05, 0) is 17.5 Å². The van der Waals surface area contributed by atoms with Crippen LogP contribution in [0.3, 0.4) is 0 Å². The third-order valence-corrected chi connectivity index (χ3v) is 1.62. The van der Waals surface area contributed by atoms with Gasteiger partial charge in [0.15, 0.2) is 0 Å². The molecule has 0 unspecified atom stereocenters. The maximum absolute atomic E-state index is 4.50. The number of halogens is 1. The van der Waals surface area contributed by atoms with Gasteiger partial charge in [0.2, 0.25) is 0 Å². The lowest BCUT2D eigenvalue weighted by molar-refractivity contribution is 0.463. The summed E-state index contributed by atoms with van der Waals surface area (Å²) in [4.78, 5) is 0. The molecule has 0 spiro atoms. The zero-order valence-corrected chi connectivity index (χ0v) is 8.84. The van der Waals surface area contributed by atoms with Crippen LogP contribution >= 0.6 is 11.9 Å². The van der Waals surface area contributed by atoms with E-state index in [0.29, 0.717) is 0 Å². The average molecular weight is 199 g/mol. The lowest BCUT2D eigenvalue weighted by Gasteiger charge is -1.95. The largest absolute Gasteiger partial charge is 0.283 e. The van der Waals surface area contributed by atoms with Crippen molar-refractivity contribution in [1.82, 2.24) is 0 Å². The Kier molecular flexibility index (Phi) is 7.36. The van der Waals surface area contributed by atoms with Crippen LogP contribution < -0.4 is 0 Å². The smallest absolute Gasteiger partial charge is 0.0606 e. The molecule has 1 aromatic carbocycles. The minimum absolute atomic E-state index is 1.11. The van der Waals surface area contributed by atoms with Gasteiger partial charge in [-0.1, -0.05) is 43.8 Å². The number of hydrogen-bond donors (Lipinski definition) is 0. The lowest BCUT2D eigenvalue weighted by atomic mass is 10.1. The molecule has 0 heterocycles. The van der Waals surface area contributed by atoms with E-state index in [2.05, 4.69) is 53.9 Å². The maximum Gasteiger partial charge on any atom is 0.0606 e. The van der Waals surface area contributed by atoms with Gasteiger partial charge in [0.05, 0.1) is 19.0 Å². The van der Waals surface area contributed by atoms with Crippen molar-refractivity contribution in [2.24, 2.45) is 0 Å². The average Bonchev–Trinajstić information content (AvgIpc) is 2.19. The Morgan fingerprint density at radius 2 is 1.85 bits per heavy atom. The third-order valence-electron chi connectivity index (χ3n) is 1.62. The predicted molar refractivity (Wildman–Crippen MR) is 58.8 cm³/mol. The van der Waals surface area contributed by atoms with Crippen molar-refractivity contribution in [1.29, 1.82) is 0 Å². The van der Waals surface area contributed by atoms with Crippen LogP contribution in [-0.4, -0.2) is 7.11 Å². The van der Waals surface area contributed by atoms with Crippen LogP contribution in [0.15, 0.2) is 30.8 Å². The molecule has 0 aliphatic rings. The van der Waals surface area contributed by atoms with Gasteiger partial charge in [0, 0.05) is 0 Å². The minimum Gasteiger partial charge on any atom is -0.283 e. The Balaban J connectivity index is 0.000000424. The fourth-order valence-electron chi connectivity index (χ4n) is 0.889. The summed E-state index contributed by atoms with van der Waals surface area (Å²) in [7, 11) is 1.39. The van der Waals surface area contributed by atoms with Gasteiger partial charge in [-0.15, -0.1) is 0 Å². The summed E-state index contributed by atoms with van der Waals surface area (Å²) in [6.45, 7) is 5.84. The lowest BCUT2D eigenvalue weighted by Crippen LogP contribution is -1.78. The van der Waals surface area contributed by atoms with Crippen LogP contribution in [0.25, 0.3) is 6.08 Å². The van der Waals surface area contributed by atoms with Crippen LogP contribution in [-0.2, 0) is 10.7 Å². The van der Waals surface area contributed by atoms with E-state index in [4.69, 9.17) is 0 Å². The highest BCUT2D eigenvalue weighted by molar-refractivity contribution is 6.07. The van der Waals surface area contributed by atoms with Gasteiger partial charge >= 0.3 is 0 Å². The molecule has 1 aromatic rings. The molecule has 2 heteroatoms. The first kappa shape index (κ1) is 12.2. The van der Waals surface area contributed by atoms with Crippen molar-refractivity contribution in [3.05, 3.63) is 42.0 Å². The zero-order chi connectivity index (χ0) is 10.1. The summed E-state index contributed by atoms with van der Waals surface area (Å²) < 4.78 is 3.72. The van der Waals surface area contributed by atoms with Crippen molar-refractivity contribution in [3.63, 3.8) is 0 Å². The summed E-state index contributed by atoms with van der Waals surface area (Å²) in [6.07, 6.45) is 2.97. The molecule has 72 valence electrons. The number of aryl methyl sites for hydroxylation is 1. The van der Waals surface area contributed by atoms with Crippen molar-refractivity contribution < 1.29 is 4.29 Å². The molecule has 0 radical (unpaired) electrons. The normalized spacial score (nSPS) is 8.54. The van der Waals surface area contributed by atoms with Crippen molar-refractivity contribution in [3.8, 4) is 0 Å². The molecule has 0 amide bonds. The number of rotatable bonds is 2. The summed E-state index contributed by atoms with van der Waals surface area (Å²) in [5, 5.41) is 0. The monoisotopic (exact) mass is 198 g/mol. The van der Waals surface area contributed by atoms with E-state index in [-0.39, 0.29) is 0 Å². The molecule has 1 nitrogen and oxygen atoms in total. The van der Waals surface area contributed by atoms with Crippen molar-refractivity contribution in [2.45, 2.75) is 13.3 Å². The SMILES string of the molecule is C=Cc1ccc(CC)cc1.COCl. The molecule has 0 aliphatic heterocycles. The number of hydrogen-bond acceptors (Lipinski definition) is 1. The first-order valence-electron chi connectivity index (χ1n) is 4.14. The van der Waals surface area contributed by atoms with E-state index in [1.54, 1.807) is 0 Å². The molecule has 0 bridgehead atoms. The standard InChI is InChI=1S/C10H12.CH3ClO/c1-3-9-5-7-10(4-2)8-6-9;1-3-2/h3,5-8H,1,4H2,2H3;1H3. The van der Waals surface area contributed by atoms with Gasteiger partial charge in [-0.3, -0.25) is 4.29 Å². The zero-order valence-electron chi connectivity index (χ0n) is 8.09.